The van der Waals surface area contributed by atoms with Crippen LogP contribution in [0.4, 0.5) is 5.69 Å². The van der Waals surface area contributed by atoms with Crippen LogP contribution < -0.4 is 5.32 Å². The second kappa shape index (κ2) is 9.42. The number of aromatic nitrogens is 2. The number of hydrogen-bond donors (Lipinski definition) is 1. The number of sulfonamides is 1. The molecule has 4 rings (SSSR count). The minimum absolute atomic E-state index is 0.0636. The number of hydrogen-bond acceptors (Lipinski definition) is 4. The average Bonchev–Trinajstić information content (AvgIpc) is 3.13. The van der Waals surface area contributed by atoms with Gasteiger partial charge in [-0.05, 0) is 49.1 Å². The van der Waals surface area contributed by atoms with Gasteiger partial charge >= 0.3 is 0 Å². The van der Waals surface area contributed by atoms with Crippen molar-refractivity contribution in [2.45, 2.75) is 50.3 Å². The number of piperidine rings is 1. The van der Waals surface area contributed by atoms with E-state index in [9.17, 15) is 13.2 Å². The Morgan fingerprint density at radius 2 is 1.84 bits per heavy atom. The van der Waals surface area contributed by atoms with E-state index in [2.05, 4.69) is 17.2 Å². The third-order valence-corrected chi connectivity index (χ3v) is 8.04. The minimum Gasteiger partial charge on any atom is -0.331 e. The van der Waals surface area contributed by atoms with Crippen LogP contribution in [-0.4, -0.2) is 41.3 Å². The van der Waals surface area contributed by atoms with Gasteiger partial charge in [-0.1, -0.05) is 31.5 Å². The number of anilines is 1. The van der Waals surface area contributed by atoms with Crippen molar-refractivity contribution in [2.24, 2.45) is 7.05 Å². The fourth-order valence-corrected chi connectivity index (χ4v) is 5.79. The predicted octanol–water partition coefficient (Wildman–Crippen LogP) is 3.88. The highest BCUT2D eigenvalue weighted by molar-refractivity contribution is 7.89. The minimum atomic E-state index is -3.50. The van der Waals surface area contributed by atoms with E-state index in [1.165, 1.54) is 0 Å². The lowest BCUT2D eigenvalue weighted by molar-refractivity contribution is -0.116. The van der Waals surface area contributed by atoms with Crippen LogP contribution in [0.15, 0.2) is 47.4 Å². The lowest BCUT2D eigenvalue weighted by atomic mass is 10.1. The Hall–Kier alpha value is -2.71. The maximum atomic E-state index is 13.0. The van der Waals surface area contributed by atoms with Crippen LogP contribution in [0.1, 0.15) is 44.0 Å². The number of carbonyl (C=O) groups is 1. The van der Waals surface area contributed by atoms with Crippen LogP contribution >= 0.6 is 0 Å². The number of nitrogens with zero attached hydrogens (tertiary/aromatic N) is 3. The van der Waals surface area contributed by atoms with Gasteiger partial charge in [-0.2, -0.15) is 4.31 Å². The second-order valence-electron chi connectivity index (χ2n) is 8.26. The first-order valence-corrected chi connectivity index (χ1v) is 12.7. The third-order valence-electron chi connectivity index (χ3n) is 6.15. The molecule has 0 radical (unpaired) electrons. The Morgan fingerprint density at radius 3 is 2.59 bits per heavy atom. The van der Waals surface area contributed by atoms with Crippen LogP contribution in [0.5, 0.6) is 0 Å². The van der Waals surface area contributed by atoms with Crippen molar-refractivity contribution >= 4 is 32.7 Å². The Kier molecular flexibility index (Phi) is 6.62. The first-order chi connectivity index (χ1) is 15.4. The molecule has 7 nitrogen and oxygen atoms in total. The summed E-state index contributed by atoms with van der Waals surface area (Å²) in [5.41, 5.74) is 3.44. The maximum absolute atomic E-state index is 13.0. The largest absolute Gasteiger partial charge is 0.331 e. The molecule has 2 heterocycles. The zero-order chi connectivity index (χ0) is 22.7. The molecule has 1 N–H and O–H groups in total. The maximum Gasteiger partial charge on any atom is 0.243 e. The molecule has 0 spiro atoms. The number of aryl methyl sites for hydroxylation is 3. The van der Waals surface area contributed by atoms with E-state index < -0.39 is 10.0 Å². The molecule has 0 bridgehead atoms. The second-order valence-corrected chi connectivity index (χ2v) is 10.2. The molecule has 2 aromatic carbocycles. The first-order valence-electron chi connectivity index (χ1n) is 11.2. The molecule has 1 aliphatic heterocycles. The fourth-order valence-electron chi connectivity index (χ4n) is 4.26. The van der Waals surface area contributed by atoms with Crippen LogP contribution in [0, 0.1) is 0 Å². The summed E-state index contributed by atoms with van der Waals surface area (Å²) >= 11 is 0. The van der Waals surface area contributed by atoms with Gasteiger partial charge in [0.2, 0.25) is 15.9 Å². The SMILES string of the molecule is CCc1ccccc1NC(=O)CCc1nc2cc(S(=O)(=O)N3CCCCC3)ccc2n1C. The van der Waals surface area contributed by atoms with Crippen LogP contribution in [0.2, 0.25) is 0 Å². The Morgan fingerprint density at radius 1 is 1.09 bits per heavy atom. The van der Waals surface area contributed by atoms with Gasteiger partial charge in [0.1, 0.15) is 5.82 Å². The molecule has 0 saturated carbocycles. The normalized spacial score (nSPS) is 15.2. The Labute approximate surface area is 189 Å². The number of para-hydroxylation sites is 1. The van der Waals surface area contributed by atoms with Gasteiger partial charge in [0.15, 0.2) is 0 Å². The van der Waals surface area contributed by atoms with Crippen molar-refractivity contribution in [2.75, 3.05) is 18.4 Å². The Balaban J connectivity index is 1.49. The molecule has 0 aliphatic carbocycles. The number of nitrogens with one attached hydrogen (secondary N) is 1. The highest BCUT2D eigenvalue weighted by Crippen LogP contribution is 2.25. The van der Waals surface area contributed by atoms with Crippen molar-refractivity contribution in [1.82, 2.24) is 13.9 Å². The zero-order valence-electron chi connectivity index (χ0n) is 18.7. The zero-order valence-corrected chi connectivity index (χ0v) is 19.5. The van der Waals surface area contributed by atoms with Crippen LogP contribution in [-0.2, 0) is 34.7 Å². The third kappa shape index (κ3) is 4.56. The average molecular weight is 455 g/mol. The number of imidazole rings is 1. The number of carbonyl (C=O) groups excluding carboxylic acids is 1. The molecule has 1 aliphatic rings. The van der Waals surface area contributed by atoms with E-state index >= 15 is 0 Å². The van der Waals surface area contributed by atoms with Gasteiger partial charge in [0, 0.05) is 38.7 Å². The van der Waals surface area contributed by atoms with Gasteiger partial charge < -0.3 is 9.88 Å². The van der Waals surface area contributed by atoms with Gasteiger partial charge in [0.05, 0.1) is 15.9 Å². The van der Waals surface area contributed by atoms with Gasteiger partial charge in [-0.3, -0.25) is 4.79 Å². The lowest BCUT2D eigenvalue weighted by Gasteiger charge is -2.25. The van der Waals surface area contributed by atoms with E-state index in [0.29, 0.717) is 31.4 Å². The number of benzene rings is 2. The molecule has 0 atom stereocenters. The van der Waals surface area contributed by atoms with Gasteiger partial charge in [-0.25, -0.2) is 13.4 Å². The van der Waals surface area contributed by atoms with Crippen LogP contribution in [0.3, 0.4) is 0 Å². The summed E-state index contributed by atoms with van der Waals surface area (Å²) in [6.07, 6.45) is 4.50. The first kappa shape index (κ1) is 22.5. The molecule has 1 fully saturated rings. The molecule has 32 heavy (non-hydrogen) atoms. The molecule has 8 heteroatoms. The monoisotopic (exact) mass is 454 g/mol. The predicted molar refractivity (Wildman–Crippen MR) is 126 cm³/mol. The highest BCUT2D eigenvalue weighted by Gasteiger charge is 2.26. The van der Waals surface area contributed by atoms with Crippen molar-refractivity contribution in [3.8, 4) is 0 Å². The number of rotatable bonds is 7. The summed E-state index contributed by atoms with van der Waals surface area (Å²) in [4.78, 5) is 17.4. The van der Waals surface area contributed by atoms with Crippen LogP contribution in [0.25, 0.3) is 11.0 Å². The lowest BCUT2D eigenvalue weighted by Crippen LogP contribution is -2.35. The number of fused-ring (bicyclic) bond motifs is 1. The molecule has 0 unspecified atom stereocenters. The summed E-state index contributed by atoms with van der Waals surface area (Å²) in [6, 6.07) is 12.9. The number of amides is 1. The van der Waals surface area contributed by atoms with Crippen molar-refractivity contribution < 1.29 is 13.2 Å². The Bertz CT molecular complexity index is 1230. The van der Waals surface area contributed by atoms with E-state index in [-0.39, 0.29) is 10.8 Å². The molecule has 3 aromatic rings. The molecular formula is C24H30N4O3S. The van der Waals surface area contributed by atoms with E-state index in [0.717, 1.165) is 48.3 Å². The van der Waals surface area contributed by atoms with E-state index in [1.807, 2.05) is 35.9 Å². The van der Waals surface area contributed by atoms with Crippen molar-refractivity contribution in [1.29, 1.82) is 0 Å². The topological polar surface area (TPSA) is 84.3 Å². The summed E-state index contributed by atoms with van der Waals surface area (Å²) in [5.74, 6) is 0.692. The van der Waals surface area contributed by atoms with Crippen molar-refractivity contribution in [3.05, 3.63) is 53.9 Å². The summed E-state index contributed by atoms with van der Waals surface area (Å²) < 4.78 is 29.5. The molecule has 1 saturated heterocycles. The van der Waals surface area contributed by atoms with E-state index in [1.54, 1.807) is 22.5 Å². The van der Waals surface area contributed by atoms with E-state index in [4.69, 9.17) is 0 Å². The summed E-state index contributed by atoms with van der Waals surface area (Å²) in [5, 5.41) is 2.99. The molecule has 1 aromatic heterocycles. The molecule has 170 valence electrons. The molecule has 1 amide bonds. The highest BCUT2D eigenvalue weighted by atomic mass is 32.2. The molecular weight excluding hydrogens is 424 g/mol. The smallest absolute Gasteiger partial charge is 0.243 e. The fraction of sp³-hybridized carbons (Fsp3) is 0.417. The summed E-state index contributed by atoms with van der Waals surface area (Å²) in [6.45, 7) is 3.21. The summed E-state index contributed by atoms with van der Waals surface area (Å²) in [7, 11) is -1.61. The van der Waals surface area contributed by atoms with Crippen molar-refractivity contribution in [3.63, 3.8) is 0 Å². The quantitative estimate of drug-likeness (QED) is 0.587. The van der Waals surface area contributed by atoms with Gasteiger partial charge in [0.25, 0.3) is 0 Å². The van der Waals surface area contributed by atoms with Gasteiger partial charge in [-0.15, -0.1) is 0 Å². The standard InChI is InChI=1S/C24H30N4O3S/c1-3-18-9-5-6-10-20(18)26-24(29)14-13-23-25-21-17-19(11-12-22(21)27(23)2)32(30,31)28-15-7-4-8-16-28/h5-6,9-12,17H,3-4,7-8,13-16H2,1-2H3,(H,26,29).